The van der Waals surface area contributed by atoms with Crippen molar-refractivity contribution in [3.63, 3.8) is 0 Å². The number of hydrogen-bond acceptors (Lipinski definition) is 4. The molecule has 0 saturated heterocycles. The molecule has 0 unspecified atom stereocenters. The maximum Gasteiger partial charge on any atom is 0.243 e. The number of aryl methyl sites for hydroxylation is 2. The predicted octanol–water partition coefficient (Wildman–Crippen LogP) is 0.909. The highest BCUT2D eigenvalue weighted by atomic mass is 32.2. The van der Waals surface area contributed by atoms with Crippen LogP contribution >= 0.6 is 0 Å². The minimum Gasteiger partial charge on any atom is -0.355 e. The fourth-order valence-electron chi connectivity index (χ4n) is 2.23. The summed E-state index contributed by atoms with van der Waals surface area (Å²) < 4.78 is 26.3. The molecule has 0 bridgehead atoms. The van der Waals surface area contributed by atoms with Crippen molar-refractivity contribution in [1.82, 2.24) is 14.5 Å². The second-order valence-corrected chi connectivity index (χ2v) is 7.91. The van der Waals surface area contributed by atoms with Crippen LogP contribution in [0.3, 0.4) is 0 Å². The van der Waals surface area contributed by atoms with E-state index in [9.17, 15) is 18.0 Å². The van der Waals surface area contributed by atoms with Crippen molar-refractivity contribution in [2.75, 3.05) is 33.2 Å². The van der Waals surface area contributed by atoms with Crippen LogP contribution in [0.5, 0.6) is 0 Å². The molecule has 2 amide bonds. The Morgan fingerprint density at radius 1 is 1.08 bits per heavy atom. The molecule has 0 heterocycles. The number of hydrogen-bond donors (Lipinski definition) is 1. The summed E-state index contributed by atoms with van der Waals surface area (Å²) in [4.78, 5) is 25.5. The first-order valence-corrected chi connectivity index (χ1v) is 9.65. The third kappa shape index (κ3) is 5.54. The van der Waals surface area contributed by atoms with Gasteiger partial charge in [0.1, 0.15) is 0 Å². The normalized spacial score (nSPS) is 11.4. The zero-order valence-corrected chi connectivity index (χ0v) is 16.3. The van der Waals surface area contributed by atoms with Gasteiger partial charge in [0.05, 0.1) is 18.0 Å². The Kier molecular flexibility index (Phi) is 7.57. The van der Waals surface area contributed by atoms with Crippen molar-refractivity contribution in [3.05, 3.63) is 29.3 Å². The Hall–Kier alpha value is -1.93. The molecule has 1 rings (SSSR count). The molecule has 1 aromatic rings. The van der Waals surface area contributed by atoms with Gasteiger partial charge in [-0.1, -0.05) is 6.07 Å². The van der Waals surface area contributed by atoms with E-state index >= 15 is 0 Å². The quantitative estimate of drug-likeness (QED) is 0.738. The van der Waals surface area contributed by atoms with E-state index in [1.165, 1.54) is 18.0 Å². The minimum absolute atomic E-state index is 0.0826. The first-order valence-electron chi connectivity index (χ1n) is 8.21. The number of benzene rings is 1. The lowest BCUT2D eigenvalue weighted by Gasteiger charge is -2.24. The monoisotopic (exact) mass is 369 g/mol. The number of carbonyl (C=O) groups excluding carboxylic acids is 2. The van der Waals surface area contributed by atoms with Gasteiger partial charge in [-0.25, -0.2) is 8.42 Å². The average molecular weight is 369 g/mol. The summed E-state index contributed by atoms with van der Waals surface area (Å²) in [5.74, 6) is -0.680. The summed E-state index contributed by atoms with van der Waals surface area (Å²) in [6.07, 6.45) is 0. The molecular formula is C17H27N3O4S. The average Bonchev–Trinajstić information content (AvgIpc) is 2.54. The molecule has 0 radical (unpaired) electrons. The van der Waals surface area contributed by atoms with Crippen LogP contribution in [0.2, 0.25) is 0 Å². The van der Waals surface area contributed by atoms with Gasteiger partial charge in [0.2, 0.25) is 21.8 Å². The molecule has 0 fully saturated rings. The first-order chi connectivity index (χ1) is 11.6. The Morgan fingerprint density at radius 2 is 1.72 bits per heavy atom. The number of nitrogens with zero attached hydrogens (tertiary/aromatic N) is 2. The van der Waals surface area contributed by atoms with E-state index in [1.807, 2.05) is 13.8 Å². The second kappa shape index (κ2) is 8.96. The van der Waals surface area contributed by atoms with Gasteiger partial charge < -0.3 is 10.2 Å². The fourth-order valence-corrected chi connectivity index (χ4v) is 3.44. The number of amides is 2. The van der Waals surface area contributed by atoms with Crippen molar-refractivity contribution in [2.45, 2.75) is 32.6 Å². The van der Waals surface area contributed by atoms with E-state index < -0.39 is 15.9 Å². The smallest absolute Gasteiger partial charge is 0.243 e. The van der Waals surface area contributed by atoms with Crippen molar-refractivity contribution >= 4 is 21.8 Å². The highest BCUT2D eigenvalue weighted by Gasteiger charge is 2.25. The van der Waals surface area contributed by atoms with Crippen LogP contribution in [0.4, 0.5) is 0 Å². The van der Waals surface area contributed by atoms with Crippen molar-refractivity contribution in [2.24, 2.45) is 0 Å². The number of likely N-dealkylation sites (N-methyl/N-ethyl adjacent to an activating group) is 3. The molecule has 0 spiro atoms. The summed E-state index contributed by atoms with van der Waals surface area (Å²) in [6.45, 7) is 7.68. The molecule has 0 saturated carbocycles. The Balaban J connectivity index is 2.87. The number of rotatable bonds is 8. The molecule has 0 atom stereocenters. The SMILES string of the molecule is CCNC(=O)CN(CC)C(=O)CN(C)S(=O)(=O)c1ccc(C)c(C)c1. The highest BCUT2D eigenvalue weighted by molar-refractivity contribution is 7.89. The molecule has 8 heteroatoms. The number of carbonyl (C=O) groups is 2. The Labute approximate surface area is 150 Å². The molecule has 0 aliphatic carbocycles. The maximum absolute atomic E-state index is 12.6. The van der Waals surface area contributed by atoms with Crippen molar-refractivity contribution < 1.29 is 18.0 Å². The Bertz CT molecular complexity index is 731. The van der Waals surface area contributed by atoms with Gasteiger partial charge in [0, 0.05) is 20.1 Å². The first kappa shape index (κ1) is 21.1. The van der Waals surface area contributed by atoms with Gasteiger partial charge in [-0.15, -0.1) is 0 Å². The predicted molar refractivity (Wildman–Crippen MR) is 96.7 cm³/mol. The number of sulfonamides is 1. The minimum atomic E-state index is -3.77. The summed E-state index contributed by atoms with van der Waals surface area (Å²) in [7, 11) is -2.40. The molecule has 0 aliphatic heterocycles. The molecule has 7 nitrogen and oxygen atoms in total. The van der Waals surface area contributed by atoms with Gasteiger partial charge >= 0.3 is 0 Å². The van der Waals surface area contributed by atoms with E-state index in [4.69, 9.17) is 0 Å². The van der Waals surface area contributed by atoms with Gasteiger partial charge in [0.15, 0.2) is 0 Å². The molecule has 1 aromatic carbocycles. The zero-order valence-electron chi connectivity index (χ0n) is 15.5. The summed E-state index contributed by atoms with van der Waals surface area (Å²) in [5, 5.41) is 2.62. The largest absolute Gasteiger partial charge is 0.355 e. The van der Waals surface area contributed by atoms with Crippen LogP contribution in [-0.4, -0.2) is 62.7 Å². The van der Waals surface area contributed by atoms with E-state index in [-0.39, 0.29) is 23.9 Å². The summed E-state index contributed by atoms with van der Waals surface area (Å²) in [5.41, 5.74) is 1.86. The van der Waals surface area contributed by atoms with Crippen LogP contribution in [0.15, 0.2) is 23.1 Å². The number of nitrogens with one attached hydrogen (secondary N) is 1. The van der Waals surface area contributed by atoms with Gasteiger partial charge in [-0.2, -0.15) is 4.31 Å². The highest BCUT2D eigenvalue weighted by Crippen LogP contribution is 2.18. The van der Waals surface area contributed by atoms with E-state index in [2.05, 4.69) is 5.32 Å². The summed E-state index contributed by atoms with van der Waals surface area (Å²) in [6, 6.07) is 4.87. The van der Waals surface area contributed by atoms with Gasteiger partial charge in [-0.05, 0) is 51.0 Å². The molecule has 0 aromatic heterocycles. The van der Waals surface area contributed by atoms with Crippen LogP contribution < -0.4 is 5.32 Å². The van der Waals surface area contributed by atoms with Crippen LogP contribution in [0.25, 0.3) is 0 Å². The lowest BCUT2D eigenvalue weighted by molar-refractivity contribution is -0.135. The molecule has 0 aliphatic rings. The van der Waals surface area contributed by atoms with Gasteiger partial charge in [-0.3, -0.25) is 9.59 Å². The van der Waals surface area contributed by atoms with Crippen molar-refractivity contribution in [3.8, 4) is 0 Å². The fraction of sp³-hybridized carbons (Fsp3) is 0.529. The van der Waals surface area contributed by atoms with Crippen LogP contribution in [-0.2, 0) is 19.6 Å². The second-order valence-electron chi connectivity index (χ2n) is 5.87. The molecule has 1 N–H and O–H groups in total. The summed E-state index contributed by atoms with van der Waals surface area (Å²) >= 11 is 0. The molecule has 140 valence electrons. The van der Waals surface area contributed by atoms with Gasteiger partial charge in [0.25, 0.3) is 0 Å². The topological polar surface area (TPSA) is 86.8 Å². The van der Waals surface area contributed by atoms with E-state index in [0.717, 1.165) is 15.4 Å². The maximum atomic E-state index is 12.6. The third-order valence-electron chi connectivity index (χ3n) is 3.99. The van der Waals surface area contributed by atoms with Crippen LogP contribution in [0.1, 0.15) is 25.0 Å². The van der Waals surface area contributed by atoms with Crippen molar-refractivity contribution in [1.29, 1.82) is 0 Å². The van der Waals surface area contributed by atoms with Crippen LogP contribution in [0, 0.1) is 13.8 Å². The Morgan fingerprint density at radius 3 is 2.24 bits per heavy atom. The lowest BCUT2D eigenvalue weighted by Crippen LogP contribution is -2.45. The van der Waals surface area contributed by atoms with E-state index in [0.29, 0.717) is 13.1 Å². The standard InChI is InChI=1S/C17H27N3O4S/c1-6-18-16(21)11-20(7-2)17(22)12-19(5)25(23,24)15-9-8-13(3)14(4)10-15/h8-10H,6-7,11-12H2,1-5H3,(H,18,21). The lowest BCUT2D eigenvalue weighted by atomic mass is 10.1. The third-order valence-corrected chi connectivity index (χ3v) is 5.79. The zero-order chi connectivity index (χ0) is 19.2. The molecule has 25 heavy (non-hydrogen) atoms. The molecular weight excluding hydrogens is 342 g/mol. The van der Waals surface area contributed by atoms with E-state index in [1.54, 1.807) is 26.0 Å².